The highest BCUT2D eigenvalue weighted by atomic mass is 16.5. The molecule has 5 heteroatoms. The van der Waals surface area contributed by atoms with Crippen LogP contribution in [0.4, 0.5) is 0 Å². The SMILES string of the molecule is C=C1C2=C(C(C)[C@@H](C(=O)OCC)[C@@H]1C(=O)OCC)C(C)(C)N(C)C2(C)C. The van der Waals surface area contributed by atoms with Gasteiger partial charge in [0.25, 0.3) is 0 Å². The Labute approximate surface area is 157 Å². The van der Waals surface area contributed by atoms with Crippen molar-refractivity contribution in [2.24, 2.45) is 17.8 Å². The Hall–Kier alpha value is -1.62. The van der Waals surface area contributed by atoms with Gasteiger partial charge in [-0.25, -0.2) is 0 Å². The Bertz CT molecular complexity index is 659. The molecule has 0 aromatic carbocycles. The lowest BCUT2D eigenvalue weighted by molar-refractivity contribution is -0.160. The second-order valence-electron chi connectivity index (χ2n) is 8.29. The summed E-state index contributed by atoms with van der Waals surface area (Å²) in [5, 5.41) is 0. The second-order valence-corrected chi connectivity index (χ2v) is 8.29. The van der Waals surface area contributed by atoms with E-state index in [2.05, 4.69) is 46.2 Å². The molecule has 1 heterocycles. The molecular formula is C21H33NO4. The predicted molar refractivity (Wildman–Crippen MR) is 101 cm³/mol. The second kappa shape index (κ2) is 6.84. The Balaban J connectivity index is 2.68. The minimum Gasteiger partial charge on any atom is -0.466 e. The molecule has 0 bridgehead atoms. The maximum Gasteiger partial charge on any atom is 0.314 e. The molecule has 0 spiro atoms. The van der Waals surface area contributed by atoms with E-state index in [4.69, 9.17) is 9.47 Å². The predicted octanol–water partition coefficient (Wildman–Crippen LogP) is 3.35. The van der Waals surface area contributed by atoms with E-state index in [0.717, 1.165) is 5.57 Å². The molecule has 3 atom stereocenters. The third kappa shape index (κ3) is 2.81. The van der Waals surface area contributed by atoms with Gasteiger partial charge in [-0.2, -0.15) is 0 Å². The lowest BCUT2D eigenvalue weighted by atomic mass is 9.63. The molecule has 2 rings (SSSR count). The van der Waals surface area contributed by atoms with Gasteiger partial charge in [0.05, 0.1) is 25.0 Å². The smallest absolute Gasteiger partial charge is 0.314 e. The molecule has 1 unspecified atom stereocenters. The lowest BCUT2D eigenvalue weighted by Crippen LogP contribution is -2.48. The summed E-state index contributed by atoms with van der Waals surface area (Å²) in [6.07, 6.45) is 0. The van der Waals surface area contributed by atoms with Crippen LogP contribution in [0.3, 0.4) is 0 Å². The van der Waals surface area contributed by atoms with Crippen LogP contribution in [0.2, 0.25) is 0 Å². The summed E-state index contributed by atoms with van der Waals surface area (Å²) in [6.45, 7) is 19.0. The highest BCUT2D eigenvalue weighted by molar-refractivity contribution is 5.88. The highest BCUT2D eigenvalue weighted by Gasteiger charge is 2.58. The maximum atomic E-state index is 12.8. The van der Waals surface area contributed by atoms with E-state index in [1.165, 1.54) is 5.57 Å². The number of carbonyl (C=O) groups is 2. The fraction of sp³-hybridized carbons (Fsp3) is 0.714. The zero-order chi connectivity index (χ0) is 20.0. The fourth-order valence-electron chi connectivity index (χ4n) is 4.97. The number of nitrogens with zero attached hydrogens (tertiary/aromatic N) is 1. The number of hydrogen-bond acceptors (Lipinski definition) is 5. The van der Waals surface area contributed by atoms with Crippen LogP contribution in [-0.2, 0) is 19.1 Å². The third-order valence-electron chi connectivity index (χ3n) is 6.37. The largest absolute Gasteiger partial charge is 0.466 e. The lowest BCUT2D eigenvalue weighted by Gasteiger charge is -2.40. The average molecular weight is 363 g/mol. The first kappa shape index (κ1) is 20.7. The fourth-order valence-corrected chi connectivity index (χ4v) is 4.97. The summed E-state index contributed by atoms with van der Waals surface area (Å²) in [5.41, 5.74) is 2.42. The van der Waals surface area contributed by atoms with Gasteiger partial charge in [0.2, 0.25) is 0 Å². The van der Waals surface area contributed by atoms with E-state index in [9.17, 15) is 9.59 Å². The molecule has 0 saturated heterocycles. The molecule has 146 valence electrons. The van der Waals surface area contributed by atoms with Crippen LogP contribution in [0.25, 0.3) is 0 Å². The summed E-state index contributed by atoms with van der Waals surface area (Å²) >= 11 is 0. The van der Waals surface area contributed by atoms with Crippen molar-refractivity contribution in [3.63, 3.8) is 0 Å². The summed E-state index contributed by atoms with van der Waals surface area (Å²) in [5.74, 6) is -2.19. The molecule has 0 aromatic rings. The van der Waals surface area contributed by atoms with Crippen molar-refractivity contribution in [1.82, 2.24) is 4.90 Å². The normalized spacial score (nSPS) is 30.2. The number of carbonyl (C=O) groups excluding carboxylic acids is 2. The van der Waals surface area contributed by atoms with E-state index in [-0.39, 0.29) is 36.2 Å². The first-order chi connectivity index (χ1) is 11.9. The highest BCUT2D eigenvalue weighted by Crippen LogP contribution is 2.56. The van der Waals surface area contributed by atoms with Crippen molar-refractivity contribution in [1.29, 1.82) is 0 Å². The number of hydrogen-bond donors (Lipinski definition) is 0. The van der Waals surface area contributed by atoms with Gasteiger partial charge in [-0.05, 0) is 71.2 Å². The molecule has 26 heavy (non-hydrogen) atoms. The molecular weight excluding hydrogens is 330 g/mol. The van der Waals surface area contributed by atoms with Gasteiger partial charge in [-0.3, -0.25) is 14.5 Å². The molecule has 0 radical (unpaired) electrons. The minimum absolute atomic E-state index is 0.136. The van der Waals surface area contributed by atoms with Crippen LogP contribution in [-0.4, -0.2) is 48.2 Å². The van der Waals surface area contributed by atoms with Crippen molar-refractivity contribution in [3.8, 4) is 0 Å². The first-order valence-corrected chi connectivity index (χ1v) is 9.45. The Morgan fingerprint density at radius 1 is 1.04 bits per heavy atom. The number of ether oxygens (including phenoxy) is 2. The maximum absolute atomic E-state index is 12.8. The zero-order valence-corrected chi connectivity index (χ0v) is 17.4. The van der Waals surface area contributed by atoms with Crippen LogP contribution in [0, 0.1) is 17.8 Å². The molecule has 0 saturated carbocycles. The molecule has 1 aliphatic carbocycles. The van der Waals surface area contributed by atoms with Crippen molar-refractivity contribution in [2.45, 2.75) is 59.5 Å². The number of esters is 2. The Morgan fingerprint density at radius 3 is 2.04 bits per heavy atom. The average Bonchev–Trinajstić information content (AvgIpc) is 2.68. The van der Waals surface area contributed by atoms with E-state index in [1.807, 2.05) is 6.92 Å². The molecule has 0 fully saturated rings. The van der Waals surface area contributed by atoms with E-state index < -0.39 is 17.8 Å². The molecule has 0 N–H and O–H groups in total. The van der Waals surface area contributed by atoms with E-state index >= 15 is 0 Å². The number of rotatable bonds is 4. The minimum atomic E-state index is -0.704. The van der Waals surface area contributed by atoms with Crippen LogP contribution in [0.5, 0.6) is 0 Å². The van der Waals surface area contributed by atoms with Crippen LogP contribution in [0.1, 0.15) is 48.5 Å². The summed E-state index contributed by atoms with van der Waals surface area (Å²) in [4.78, 5) is 27.9. The van der Waals surface area contributed by atoms with Crippen LogP contribution < -0.4 is 0 Å². The van der Waals surface area contributed by atoms with Crippen LogP contribution >= 0.6 is 0 Å². The third-order valence-corrected chi connectivity index (χ3v) is 6.37. The monoisotopic (exact) mass is 363 g/mol. The first-order valence-electron chi connectivity index (χ1n) is 9.45. The van der Waals surface area contributed by atoms with Gasteiger partial charge in [0.15, 0.2) is 0 Å². The zero-order valence-electron chi connectivity index (χ0n) is 17.4. The molecule has 5 nitrogen and oxygen atoms in total. The van der Waals surface area contributed by atoms with Gasteiger partial charge in [-0.1, -0.05) is 13.5 Å². The molecule has 0 amide bonds. The van der Waals surface area contributed by atoms with Gasteiger partial charge >= 0.3 is 11.9 Å². The van der Waals surface area contributed by atoms with Gasteiger partial charge in [-0.15, -0.1) is 0 Å². The van der Waals surface area contributed by atoms with Crippen molar-refractivity contribution in [3.05, 3.63) is 23.3 Å². The molecule has 1 aliphatic heterocycles. The van der Waals surface area contributed by atoms with E-state index in [1.54, 1.807) is 13.8 Å². The van der Waals surface area contributed by atoms with Crippen molar-refractivity contribution in [2.75, 3.05) is 20.3 Å². The summed E-state index contributed by atoms with van der Waals surface area (Å²) in [7, 11) is 2.08. The molecule has 0 aromatic heterocycles. The quantitative estimate of drug-likeness (QED) is 0.717. The standard InChI is InChI=1S/C21H33NO4/c1-10-25-18(23)14-12(3)16-17(13(4)15(14)19(24)26-11-2)21(7,8)22(9)20(16,5)6/h13-15H,3,10-11H2,1-2,4-9H3/t13?,14-,15-/m1/s1. The van der Waals surface area contributed by atoms with E-state index in [0.29, 0.717) is 5.57 Å². The van der Waals surface area contributed by atoms with Crippen molar-refractivity contribution < 1.29 is 19.1 Å². The summed E-state index contributed by atoms with van der Waals surface area (Å²) < 4.78 is 10.6. The number of likely N-dealkylation sites (N-methyl/N-ethyl adjacent to an activating group) is 1. The van der Waals surface area contributed by atoms with Crippen molar-refractivity contribution >= 4 is 11.9 Å². The topological polar surface area (TPSA) is 55.8 Å². The van der Waals surface area contributed by atoms with Gasteiger partial charge in [0, 0.05) is 11.1 Å². The Morgan fingerprint density at radius 2 is 1.54 bits per heavy atom. The van der Waals surface area contributed by atoms with Gasteiger partial charge in [0.1, 0.15) is 0 Å². The molecule has 2 aliphatic rings. The van der Waals surface area contributed by atoms with Crippen LogP contribution in [0.15, 0.2) is 23.3 Å². The van der Waals surface area contributed by atoms with Gasteiger partial charge < -0.3 is 9.47 Å². The Kier molecular flexibility index (Phi) is 5.44. The summed E-state index contributed by atoms with van der Waals surface area (Å²) in [6, 6.07) is 0.